The first-order chi connectivity index (χ1) is 16.1. The zero-order chi connectivity index (χ0) is 24.5. The molecule has 2 aliphatic rings. The standard InChI is InChI=1S/C22H22F4N2O6/c23-16-5-2-12(34-22(24,25)26)9-17(16)27-21(31)33-10-11-1-3-13(14-7-8-32-19(11)14)15-4-6-18(29)28-20(15)30/h1-3,5,9,15,18,20,28-30H,4,6-8,10H2,(H,27,31). The number of nitrogens with one attached hydrogen (secondary N) is 2. The highest BCUT2D eigenvalue weighted by Gasteiger charge is 2.33. The third-order valence-corrected chi connectivity index (χ3v) is 5.64. The van der Waals surface area contributed by atoms with Crippen LogP contribution in [0.4, 0.5) is 28.0 Å². The van der Waals surface area contributed by atoms with Gasteiger partial charge in [0, 0.05) is 29.5 Å². The van der Waals surface area contributed by atoms with E-state index in [1.807, 2.05) is 0 Å². The average Bonchev–Trinajstić information content (AvgIpc) is 3.24. The van der Waals surface area contributed by atoms with E-state index in [-0.39, 0.29) is 12.5 Å². The van der Waals surface area contributed by atoms with E-state index in [0.29, 0.717) is 43.2 Å². The molecule has 8 nitrogen and oxygen atoms in total. The van der Waals surface area contributed by atoms with Gasteiger partial charge in [-0.3, -0.25) is 10.6 Å². The van der Waals surface area contributed by atoms with Crippen LogP contribution in [0, 0.1) is 5.82 Å². The Kier molecular flexibility index (Phi) is 6.82. The molecule has 2 heterocycles. The van der Waals surface area contributed by atoms with E-state index in [2.05, 4.69) is 15.4 Å². The molecule has 0 aliphatic carbocycles. The van der Waals surface area contributed by atoms with Crippen molar-refractivity contribution in [3.8, 4) is 11.5 Å². The summed E-state index contributed by atoms with van der Waals surface area (Å²) < 4.78 is 65.6. The molecule has 4 rings (SSSR count). The number of benzene rings is 2. The lowest BCUT2D eigenvalue weighted by atomic mass is 9.85. The molecule has 34 heavy (non-hydrogen) atoms. The molecule has 2 aromatic rings. The van der Waals surface area contributed by atoms with Gasteiger partial charge in [0.25, 0.3) is 0 Å². The highest BCUT2D eigenvalue weighted by atomic mass is 19.4. The molecule has 0 aromatic heterocycles. The van der Waals surface area contributed by atoms with Gasteiger partial charge in [0.15, 0.2) is 0 Å². The fraction of sp³-hybridized carbons (Fsp3) is 0.409. The van der Waals surface area contributed by atoms with Crippen LogP contribution in [0.1, 0.15) is 35.4 Å². The van der Waals surface area contributed by atoms with E-state index < -0.39 is 42.2 Å². The predicted octanol–water partition coefficient (Wildman–Crippen LogP) is 3.51. The minimum atomic E-state index is -4.97. The maximum absolute atomic E-state index is 13.9. The lowest BCUT2D eigenvalue weighted by Crippen LogP contribution is -2.46. The van der Waals surface area contributed by atoms with Gasteiger partial charge in [-0.2, -0.15) is 0 Å². The molecular weight excluding hydrogens is 464 g/mol. The van der Waals surface area contributed by atoms with Crippen molar-refractivity contribution in [1.82, 2.24) is 5.32 Å². The number of halogens is 4. The zero-order valence-corrected chi connectivity index (χ0v) is 17.7. The molecule has 184 valence electrons. The SMILES string of the molecule is O=C(Nc1cc(OC(F)(F)F)ccc1F)OCc1ccc(C2CCC(O)NC2O)c2c1OCC2. The van der Waals surface area contributed by atoms with Gasteiger partial charge in [-0.1, -0.05) is 12.1 Å². The molecule has 4 N–H and O–H groups in total. The number of carbonyl (C=O) groups is 1. The van der Waals surface area contributed by atoms with Crippen LogP contribution < -0.4 is 20.1 Å². The monoisotopic (exact) mass is 486 g/mol. The lowest BCUT2D eigenvalue weighted by molar-refractivity contribution is -0.274. The Balaban J connectivity index is 1.43. The summed E-state index contributed by atoms with van der Waals surface area (Å²) in [4.78, 5) is 12.2. The molecule has 0 radical (unpaired) electrons. The maximum Gasteiger partial charge on any atom is 0.573 e. The summed E-state index contributed by atoms with van der Waals surface area (Å²) >= 11 is 0. The van der Waals surface area contributed by atoms with E-state index in [1.54, 1.807) is 12.1 Å². The summed E-state index contributed by atoms with van der Waals surface area (Å²) in [6.45, 7) is 0.167. The van der Waals surface area contributed by atoms with E-state index in [1.165, 1.54) is 0 Å². The number of ether oxygens (including phenoxy) is 3. The van der Waals surface area contributed by atoms with Gasteiger partial charge in [0.1, 0.15) is 36.4 Å². The van der Waals surface area contributed by atoms with E-state index in [0.717, 1.165) is 23.3 Å². The van der Waals surface area contributed by atoms with Crippen molar-refractivity contribution < 1.29 is 46.8 Å². The van der Waals surface area contributed by atoms with Crippen molar-refractivity contribution in [2.24, 2.45) is 0 Å². The van der Waals surface area contributed by atoms with Crippen LogP contribution in [0.2, 0.25) is 0 Å². The molecule has 12 heteroatoms. The first-order valence-corrected chi connectivity index (χ1v) is 10.5. The number of anilines is 1. The number of amides is 1. The Morgan fingerprint density at radius 1 is 1.21 bits per heavy atom. The summed E-state index contributed by atoms with van der Waals surface area (Å²) in [6, 6.07) is 5.68. The van der Waals surface area contributed by atoms with Crippen molar-refractivity contribution in [3.63, 3.8) is 0 Å². The molecule has 1 fully saturated rings. The Labute approximate surface area is 191 Å². The van der Waals surface area contributed by atoms with Gasteiger partial charge in [0.2, 0.25) is 0 Å². The molecule has 1 saturated heterocycles. The van der Waals surface area contributed by atoms with Crippen LogP contribution in [0.15, 0.2) is 30.3 Å². The van der Waals surface area contributed by atoms with Crippen LogP contribution in [0.25, 0.3) is 0 Å². The number of hydrogen-bond acceptors (Lipinski definition) is 7. The molecule has 0 spiro atoms. The first kappa shape index (κ1) is 24.0. The highest BCUT2D eigenvalue weighted by Crippen LogP contribution is 2.40. The number of aliphatic hydroxyl groups excluding tert-OH is 2. The van der Waals surface area contributed by atoms with Crippen LogP contribution in [-0.4, -0.2) is 41.7 Å². The second-order valence-electron chi connectivity index (χ2n) is 7.92. The average molecular weight is 486 g/mol. The number of aliphatic hydroxyl groups is 2. The predicted molar refractivity (Wildman–Crippen MR) is 110 cm³/mol. The van der Waals surface area contributed by atoms with Gasteiger partial charge in [0.05, 0.1) is 12.3 Å². The van der Waals surface area contributed by atoms with Crippen molar-refractivity contribution in [2.75, 3.05) is 11.9 Å². The minimum absolute atomic E-state index is 0.237. The van der Waals surface area contributed by atoms with E-state index in [4.69, 9.17) is 9.47 Å². The molecule has 0 bridgehead atoms. The molecule has 2 aliphatic heterocycles. The van der Waals surface area contributed by atoms with Gasteiger partial charge in [-0.15, -0.1) is 13.2 Å². The van der Waals surface area contributed by atoms with Crippen LogP contribution >= 0.6 is 0 Å². The van der Waals surface area contributed by atoms with E-state index in [9.17, 15) is 32.6 Å². The molecule has 3 atom stereocenters. The second-order valence-corrected chi connectivity index (χ2v) is 7.92. The van der Waals surface area contributed by atoms with Gasteiger partial charge < -0.3 is 24.4 Å². The molecule has 0 saturated carbocycles. The number of hydrogen-bond donors (Lipinski definition) is 4. The van der Waals surface area contributed by atoms with Crippen molar-refractivity contribution in [3.05, 3.63) is 52.8 Å². The summed E-state index contributed by atoms with van der Waals surface area (Å²) in [5.41, 5.74) is 1.74. The quantitative estimate of drug-likeness (QED) is 0.479. The summed E-state index contributed by atoms with van der Waals surface area (Å²) in [6.07, 6.45) is -6.10. The van der Waals surface area contributed by atoms with E-state index >= 15 is 0 Å². The summed E-state index contributed by atoms with van der Waals surface area (Å²) in [5, 5.41) is 24.7. The number of carbonyl (C=O) groups excluding carboxylic acids is 1. The zero-order valence-electron chi connectivity index (χ0n) is 17.7. The topological polar surface area (TPSA) is 109 Å². The summed E-state index contributed by atoms with van der Waals surface area (Å²) in [7, 11) is 0. The smallest absolute Gasteiger partial charge is 0.493 e. The van der Waals surface area contributed by atoms with Gasteiger partial charge >= 0.3 is 12.5 Å². The largest absolute Gasteiger partial charge is 0.573 e. The van der Waals surface area contributed by atoms with Crippen molar-refractivity contribution in [1.29, 1.82) is 0 Å². The minimum Gasteiger partial charge on any atom is -0.493 e. The normalized spacial score (nSPS) is 22.0. The Bertz CT molecular complexity index is 1060. The maximum atomic E-state index is 13.9. The van der Waals surface area contributed by atoms with Crippen LogP contribution in [0.5, 0.6) is 11.5 Å². The Morgan fingerprint density at radius 3 is 2.74 bits per heavy atom. The summed E-state index contributed by atoms with van der Waals surface area (Å²) in [5.74, 6) is -1.38. The number of fused-ring (bicyclic) bond motifs is 1. The number of alkyl halides is 3. The van der Waals surface area contributed by atoms with Gasteiger partial charge in [-0.05, 0) is 30.5 Å². The number of piperidine rings is 1. The first-order valence-electron chi connectivity index (χ1n) is 10.5. The fourth-order valence-electron chi connectivity index (χ4n) is 4.15. The second kappa shape index (κ2) is 9.65. The third kappa shape index (κ3) is 5.51. The molecule has 2 aromatic carbocycles. The fourth-order valence-corrected chi connectivity index (χ4v) is 4.15. The van der Waals surface area contributed by atoms with Crippen LogP contribution in [0.3, 0.4) is 0 Å². The van der Waals surface area contributed by atoms with Crippen LogP contribution in [-0.2, 0) is 17.8 Å². The van der Waals surface area contributed by atoms with Crippen molar-refractivity contribution in [2.45, 2.75) is 50.6 Å². The molecular formula is C22H22F4N2O6. The molecule has 1 amide bonds. The van der Waals surface area contributed by atoms with Gasteiger partial charge in [-0.25, -0.2) is 9.18 Å². The highest BCUT2D eigenvalue weighted by molar-refractivity contribution is 5.85. The van der Waals surface area contributed by atoms with Crippen molar-refractivity contribution >= 4 is 11.8 Å². The Morgan fingerprint density at radius 2 is 2.00 bits per heavy atom. The third-order valence-electron chi connectivity index (χ3n) is 5.64. The molecule has 3 unspecified atom stereocenters. The lowest BCUT2D eigenvalue weighted by Gasteiger charge is -2.33. The number of rotatable bonds is 5. The Hall–Kier alpha value is -3.09.